The molecule has 5 N–H and O–H groups in total. The smallest absolute Gasteiger partial charge is 0.313 e. The van der Waals surface area contributed by atoms with Gasteiger partial charge in [0.05, 0.1) is 12.1 Å². The Morgan fingerprint density at radius 1 is 1.21 bits per heavy atom. The Bertz CT molecular complexity index is 1030. The third-order valence-electron chi connectivity index (χ3n) is 6.67. The topological polar surface area (TPSA) is 129 Å². The molecule has 0 spiro atoms. The number of hydrazine groups is 1. The summed E-state index contributed by atoms with van der Waals surface area (Å²) in [6.45, 7) is 9.43. The van der Waals surface area contributed by atoms with E-state index < -0.39 is 17.6 Å². The minimum Gasteiger partial charge on any atom is -0.469 e. The fourth-order valence-electron chi connectivity index (χ4n) is 4.99. The maximum Gasteiger partial charge on any atom is 0.313 e. The third-order valence-corrected chi connectivity index (χ3v) is 6.97. The molecule has 1 aromatic rings. The second kappa shape index (κ2) is 13.3. The summed E-state index contributed by atoms with van der Waals surface area (Å²) < 4.78 is 18.3. The maximum atomic E-state index is 13.7. The van der Waals surface area contributed by atoms with Crippen molar-refractivity contribution in [3.05, 3.63) is 40.9 Å². The number of hydrogen-bond donors (Lipinski definition) is 4. The summed E-state index contributed by atoms with van der Waals surface area (Å²) in [5.41, 5.74) is 0.364. The number of anilines is 1. The lowest BCUT2D eigenvalue weighted by Gasteiger charge is -2.55. The number of hydrogen-bond acceptors (Lipinski definition) is 8. The number of nitrogens with zero attached hydrogens (tertiary/aromatic N) is 2. The van der Waals surface area contributed by atoms with Gasteiger partial charge in [-0.3, -0.25) is 19.3 Å². The number of likely N-dealkylation sites (N-methyl/N-ethyl adjacent to an activating group) is 1. The Morgan fingerprint density at radius 2 is 1.84 bits per heavy atom. The van der Waals surface area contributed by atoms with Crippen LogP contribution in [-0.2, 0) is 19.1 Å². The predicted octanol–water partition coefficient (Wildman–Crippen LogP) is 2.75. The molecule has 12 heteroatoms. The molecule has 1 saturated heterocycles. The first-order valence-corrected chi connectivity index (χ1v) is 12.9. The highest BCUT2D eigenvalue weighted by atomic mass is 35.5. The number of nitrogens with two attached hydrogens (primary N) is 1. The third kappa shape index (κ3) is 8.85. The maximum absolute atomic E-state index is 13.7. The lowest BCUT2D eigenvalue weighted by molar-refractivity contribution is -0.140. The van der Waals surface area contributed by atoms with Crippen LogP contribution in [0.15, 0.2) is 30.1 Å². The van der Waals surface area contributed by atoms with Gasteiger partial charge in [-0.2, -0.15) is 0 Å². The van der Waals surface area contributed by atoms with Gasteiger partial charge in [-0.05, 0) is 65.2 Å². The Kier molecular flexibility index (Phi) is 10.9. The van der Waals surface area contributed by atoms with E-state index in [2.05, 4.69) is 53.3 Å². The highest BCUT2D eigenvalue weighted by molar-refractivity contribution is 6.39. The minimum absolute atomic E-state index is 0.0716. The van der Waals surface area contributed by atoms with Crippen LogP contribution >= 0.6 is 11.6 Å². The number of esters is 1. The van der Waals surface area contributed by atoms with Crippen LogP contribution in [0.2, 0.25) is 5.02 Å². The number of carbonyl (C=O) groups is 3. The average molecular weight is 555 g/mol. The van der Waals surface area contributed by atoms with E-state index in [1.165, 1.54) is 19.2 Å². The van der Waals surface area contributed by atoms with Gasteiger partial charge in [-0.25, -0.2) is 10.2 Å². The summed E-state index contributed by atoms with van der Waals surface area (Å²) in [7, 11) is 3.18. The van der Waals surface area contributed by atoms with Crippen LogP contribution in [0.5, 0.6) is 0 Å². The molecule has 0 atom stereocenters. The van der Waals surface area contributed by atoms with Gasteiger partial charge in [0.1, 0.15) is 5.82 Å². The first-order chi connectivity index (χ1) is 17.7. The number of piperidine rings is 1. The van der Waals surface area contributed by atoms with Crippen molar-refractivity contribution in [1.82, 2.24) is 20.5 Å². The largest absolute Gasteiger partial charge is 0.469 e. The summed E-state index contributed by atoms with van der Waals surface area (Å²) in [4.78, 5) is 38.7. The summed E-state index contributed by atoms with van der Waals surface area (Å²) in [5, 5.41) is 9.93. The molecule has 1 heterocycles. The van der Waals surface area contributed by atoms with E-state index >= 15 is 0 Å². The number of amides is 2. The fraction of sp³-hybridized carbons (Fsp3) is 0.577. The SMILES string of the molecule is CN/C(=C\N(N)CCCC(=O)OC)CN1C(C)(C)CC(NC(=O)C(=O)Nc2ccc(Cl)c(F)c2)CC1(C)C. The van der Waals surface area contributed by atoms with Crippen molar-refractivity contribution < 1.29 is 23.5 Å². The van der Waals surface area contributed by atoms with Crippen molar-refractivity contribution in [2.75, 3.05) is 32.6 Å². The highest BCUT2D eigenvalue weighted by Gasteiger charge is 2.46. The zero-order valence-electron chi connectivity index (χ0n) is 23.0. The number of halogens is 2. The van der Waals surface area contributed by atoms with Crippen LogP contribution in [0.1, 0.15) is 53.4 Å². The van der Waals surface area contributed by atoms with Crippen molar-refractivity contribution in [1.29, 1.82) is 0 Å². The Hall–Kier alpha value is -2.89. The van der Waals surface area contributed by atoms with E-state index in [0.29, 0.717) is 38.8 Å². The molecule has 0 unspecified atom stereocenters. The number of ether oxygens (including phenoxy) is 1. The van der Waals surface area contributed by atoms with Crippen LogP contribution < -0.4 is 21.8 Å². The number of likely N-dealkylation sites (tertiary alicyclic amines) is 1. The molecule has 2 rings (SSSR count). The lowest BCUT2D eigenvalue weighted by Crippen LogP contribution is -2.65. The van der Waals surface area contributed by atoms with Gasteiger partial charge < -0.3 is 25.7 Å². The average Bonchev–Trinajstić information content (AvgIpc) is 2.82. The van der Waals surface area contributed by atoms with Crippen molar-refractivity contribution >= 4 is 35.1 Å². The van der Waals surface area contributed by atoms with Gasteiger partial charge in [-0.15, -0.1) is 0 Å². The number of nitrogens with one attached hydrogen (secondary N) is 3. The fourth-order valence-corrected chi connectivity index (χ4v) is 5.11. The van der Waals surface area contributed by atoms with Gasteiger partial charge in [0.2, 0.25) is 0 Å². The molecule has 0 bridgehead atoms. The molecule has 212 valence electrons. The first-order valence-electron chi connectivity index (χ1n) is 12.5. The van der Waals surface area contributed by atoms with Crippen LogP contribution in [0, 0.1) is 5.82 Å². The molecule has 0 aromatic heterocycles. The Morgan fingerprint density at radius 3 is 2.39 bits per heavy atom. The van der Waals surface area contributed by atoms with E-state index in [1.54, 1.807) is 5.01 Å². The van der Waals surface area contributed by atoms with Gasteiger partial charge >= 0.3 is 17.8 Å². The summed E-state index contributed by atoms with van der Waals surface area (Å²) in [5.74, 6) is 3.51. The molecule has 1 aromatic carbocycles. The zero-order valence-corrected chi connectivity index (χ0v) is 23.7. The van der Waals surface area contributed by atoms with E-state index in [0.717, 1.165) is 11.8 Å². The first kappa shape index (κ1) is 31.3. The van der Waals surface area contributed by atoms with Crippen molar-refractivity contribution in [3.8, 4) is 0 Å². The predicted molar refractivity (Wildman–Crippen MR) is 145 cm³/mol. The summed E-state index contributed by atoms with van der Waals surface area (Å²) in [6, 6.07) is 3.55. The van der Waals surface area contributed by atoms with E-state index in [1.807, 2.05) is 13.2 Å². The van der Waals surface area contributed by atoms with Crippen LogP contribution in [0.25, 0.3) is 0 Å². The van der Waals surface area contributed by atoms with Crippen molar-refractivity contribution in [2.45, 2.75) is 70.5 Å². The standard InChI is InChI=1S/C26H40ClFN6O4/c1-25(2)13-18(32-24(37)23(36)31-17-9-10-20(27)21(28)12-17)14-26(3,4)34(25)16-19(30-5)15-33(29)11-7-8-22(35)38-6/h9-10,12,15,18,30H,7-8,11,13-14,16,29H2,1-6H3,(H,31,36)(H,32,37)/b19-15-. The van der Waals surface area contributed by atoms with E-state index in [9.17, 15) is 18.8 Å². The molecule has 10 nitrogen and oxygen atoms in total. The van der Waals surface area contributed by atoms with Crippen LogP contribution in [0.4, 0.5) is 10.1 Å². The van der Waals surface area contributed by atoms with Crippen molar-refractivity contribution in [2.24, 2.45) is 5.84 Å². The molecule has 0 aliphatic carbocycles. The monoisotopic (exact) mass is 554 g/mol. The van der Waals surface area contributed by atoms with E-state index in [-0.39, 0.29) is 33.8 Å². The number of methoxy groups -OCH3 is 1. The molecule has 1 fully saturated rings. The second-order valence-corrected chi connectivity index (χ2v) is 11.1. The number of carbonyl (C=O) groups excluding carboxylic acids is 3. The highest BCUT2D eigenvalue weighted by Crippen LogP contribution is 2.38. The Balaban J connectivity index is 2.02. The molecular formula is C26H40ClFN6O4. The normalized spacial score (nSPS) is 17.4. The van der Waals surface area contributed by atoms with Crippen LogP contribution in [0.3, 0.4) is 0 Å². The zero-order chi connectivity index (χ0) is 28.7. The summed E-state index contributed by atoms with van der Waals surface area (Å²) in [6.07, 6.45) is 3.89. The van der Waals surface area contributed by atoms with Gasteiger partial charge in [-0.1, -0.05) is 11.6 Å². The molecule has 0 saturated carbocycles. The summed E-state index contributed by atoms with van der Waals surface area (Å²) >= 11 is 5.67. The van der Waals surface area contributed by atoms with Gasteiger partial charge in [0, 0.05) is 61.3 Å². The molecular weight excluding hydrogens is 515 g/mol. The molecule has 0 radical (unpaired) electrons. The van der Waals surface area contributed by atoms with E-state index in [4.69, 9.17) is 17.4 Å². The minimum atomic E-state index is -0.875. The molecule has 1 aliphatic heterocycles. The lowest BCUT2D eigenvalue weighted by atomic mass is 9.76. The molecule has 1 aliphatic rings. The van der Waals surface area contributed by atoms with Gasteiger partial charge in [0.25, 0.3) is 0 Å². The molecule has 2 amide bonds. The van der Waals surface area contributed by atoms with Crippen molar-refractivity contribution in [3.63, 3.8) is 0 Å². The van der Waals surface area contributed by atoms with Crippen LogP contribution in [-0.4, -0.2) is 72.1 Å². The Labute approximate surface area is 229 Å². The van der Waals surface area contributed by atoms with Gasteiger partial charge in [0.15, 0.2) is 0 Å². The number of benzene rings is 1. The molecule has 38 heavy (non-hydrogen) atoms. The second-order valence-electron chi connectivity index (χ2n) is 10.7. The number of rotatable bonds is 10. The quantitative estimate of drug-likeness (QED) is 0.150.